The minimum absolute atomic E-state index is 0.158. The van der Waals surface area contributed by atoms with E-state index >= 15 is 0 Å². The maximum Gasteiger partial charge on any atom is 0.305 e. The van der Waals surface area contributed by atoms with E-state index in [1.54, 1.807) is 0 Å². The highest BCUT2D eigenvalue weighted by molar-refractivity contribution is 5.81. The number of guanidine groups is 1. The summed E-state index contributed by atoms with van der Waals surface area (Å²) in [6.45, 7) is 9.52. The van der Waals surface area contributed by atoms with Gasteiger partial charge in [-0.3, -0.25) is 14.6 Å². The highest BCUT2D eigenvalue weighted by Crippen LogP contribution is 2.01. The van der Waals surface area contributed by atoms with Gasteiger partial charge in [-0.1, -0.05) is 6.42 Å². The normalized spacial score (nSPS) is 11.1. The highest BCUT2D eigenvalue weighted by atomic mass is 16.5. The molecule has 1 amide bonds. The Labute approximate surface area is 146 Å². The summed E-state index contributed by atoms with van der Waals surface area (Å²) >= 11 is 0. The third-order valence-corrected chi connectivity index (χ3v) is 3.63. The first-order valence-corrected chi connectivity index (χ1v) is 8.95. The summed E-state index contributed by atoms with van der Waals surface area (Å²) in [5.74, 6) is 0.732. The molecule has 0 heterocycles. The molecule has 0 aliphatic rings. The number of nitrogens with one attached hydrogen (secondary N) is 2. The molecule has 0 aliphatic carbocycles. The number of hydrogen-bond donors (Lipinski definition) is 2. The summed E-state index contributed by atoms with van der Waals surface area (Å²) < 4.78 is 4.61. The van der Waals surface area contributed by atoms with E-state index in [9.17, 15) is 9.59 Å². The lowest BCUT2D eigenvalue weighted by molar-refractivity contribution is -0.140. The Bertz CT molecular complexity index is 382. The molecule has 7 nitrogen and oxygen atoms in total. The van der Waals surface area contributed by atoms with Crippen molar-refractivity contribution in [1.29, 1.82) is 0 Å². The summed E-state index contributed by atoms with van der Waals surface area (Å²) in [5, 5.41) is 6.36. The molecule has 0 bridgehead atoms. The van der Waals surface area contributed by atoms with Crippen LogP contribution in [0.1, 0.15) is 52.9 Å². The summed E-state index contributed by atoms with van der Waals surface area (Å²) in [7, 11) is 1.41. The Morgan fingerprint density at radius 1 is 1.00 bits per heavy atom. The van der Waals surface area contributed by atoms with Crippen molar-refractivity contribution in [2.45, 2.75) is 52.9 Å². The number of ether oxygens (including phenoxy) is 1. The Hall–Kier alpha value is -1.79. The Kier molecular flexibility index (Phi) is 13.7. The number of nitrogens with zero attached hydrogens (tertiary/aromatic N) is 2. The average Bonchev–Trinajstić information content (AvgIpc) is 2.58. The van der Waals surface area contributed by atoms with Crippen LogP contribution in [0.2, 0.25) is 0 Å². The van der Waals surface area contributed by atoms with E-state index < -0.39 is 0 Å². The van der Waals surface area contributed by atoms with Crippen LogP contribution in [0.3, 0.4) is 0 Å². The maximum absolute atomic E-state index is 11.9. The van der Waals surface area contributed by atoms with Crippen molar-refractivity contribution in [2.75, 3.05) is 39.8 Å². The standard InChI is InChI=1S/C17H34N4O3/c1-5-18-17(19-13-10-8-9-11-16(23)24-4)20-14-12-15(22)21(6-2)7-3/h5-14H2,1-4H3,(H2,18,19,20). The van der Waals surface area contributed by atoms with E-state index in [0.717, 1.165) is 44.9 Å². The monoisotopic (exact) mass is 342 g/mol. The van der Waals surface area contributed by atoms with Crippen molar-refractivity contribution in [3.63, 3.8) is 0 Å². The molecule has 0 rings (SSSR count). The Morgan fingerprint density at radius 2 is 1.71 bits per heavy atom. The molecule has 0 saturated heterocycles. The van der Waals surface area contributed by atoms with Gasteiger partial charge in [-0.2, -0.15) is 0 Å². The fourth-order valence-corrected chi connectivity index (χ4v) is 2.21. The molecular formula is C17H34N4O3. The molecule has 2 N–H and O–H groups in total. The fraction of sp³-hybridized carbons (Fsp3) is 0.824. The molecule has 140 valence electrons. The van der Waals surface area contributed by atoms with Crippen LogP contribution in [0, 0.1) is 0 Å². The van der Waals surface area contributed by atoms with Gasteiger partial charge in [-0.15, -0.1) is 0 Å². The molecule has 0 spiro atoms. The quantitative estimate of drug-likeness (QED) is 0.243. The number of carbonyl (C=O) groups is 2. The summed E-state index contributed by atoms with van der Waals surface area (Å²) in [6.07, 6.45) is 3.62. The SMILES string of the molecule is CCNC(=NCCCCCC(=O)OC)NCCC(=O)N(CC)CC. The van der Waals surface area contributed by atoms with Crippen LogP contribution in [0.5, 0.6) is 0 Å². The molecule has 0 fully saturated rings. The zero-order valence-corrected chi connectivity index (χ0v) is 15.7. The second-order valence-electron chi connectivity index (χ2n) is 5.39. The number of amides is 1. The van der Waals surface area contributed by atoms with Gasteiger partial charge in [0.15, 0.2) is 5.96 Å². The van der Waals surface area contributed by atoms with Crippen molar-refractivity contribution in [3.05, 3.63) is 0 Å². The third-order valence-electron chi connectivity index (χ3n) is 3.63. The number of carbonyl (C=O) groups excluding carboxylic acids is 2. The second kappa shape index (κ2) is 14.8. The molecule has 0 unspecified atom stereocenters. The lowest BCUT2D eigenvalue weighted by Gasteiger charge is -2.19. The van der Waals surface area contributed by atoms with E-state index in [2.05, 4.69) is 20.4 Å². The van der Waals surface area contributed by atoms with E-state index in [-0.39, 0.29) is 11.9 Å². The predicted molar refractivity (Wildman–Crippen MR) is 97.0 cm³/mol. The predicted octanol–water partition coefficient (Wildman–Crippen LogP) is 1.53. The first kappa shape index (κ1) is 22.2. The zero-order valence-electron chi connectivity index (χ0n) is 15.7. The van der Waals surface area contributed by atoms with Crippen molar-refractivity contribution in [3.8, 4) is 0 Å². The Balaban J connectivity index is 4.02. The lowest BCUT2D eigenvalue weighted by atomic mass is 10.2. The third kappa shape index (κ3) is 10.9. The van der Waals surface area contributed by atoms with Crippen LogP contribution in [0.15, 0.2) is 4.99 Å². The largest absolute Gasteiger partial charge is 0.469 e. The van der Waals surface area contributed by atoms with Crippen LogP contribution in [-0.4, -0.2) is 62.6 Å². The number of hydrogen-bond acceptors (Lipinski definition) is 4. The number of rotatable bonds is 12. The van der Waals surface area contributed by atoms with Crippen molar-refractivity contribution in [1.82, 2.24) is 15.5 Å². The number of aliphatic imine (C=N–C) groups is 1. The van der Waals surface area contributed by atoms with Gasteiger partial charge in [0.05, 0.1) is 7.11 Å². The zero-order chi connectivity index (χ0) is 18.2. The van der Waals surface area contributed by atoms with Gasteiger partial charge in [0.2, 0.25) is 5.91 Å². The van der Waals surface area contributed by atoms with Gasteiger partial charge in [0.25, 0.3) is 0 Å². The summed E-state index contributed by atoms with van der Waals surface area (Å²) in [6, 6.07) is 0. The maximum atomic E-state index is 11.9. The minimum atomic E-state index is -0.161. The van der Waals surface area contributed by atoms with Crippen LogP contribution >= 0.6 is 0 Å². The number of unbranched alkanes of at least 4 members (excludes halogenated alkanes) is 2. The molecule has 24 heavy (non-hydrogen) atoms. The van der Waals surface area contributed by atoms with Crippen LogP contribution in [0.4, 0.5) is 0 Å². The summed E-state index contributed by atoms with van der Waals surface area (Å²) in [5.41, 5.74) is 0. The fourth-order valence-electron chi connectivity index (χ4n) is 2.21. The minimum Gasteiger partial charge on any atom is -0.469 e. The first-order chi connectivity index (χ1) is 11.6. The van der Waals surface area contributed by atoms with Crippen molar-refractivity contribution >= 4 is 17.8 Å². The molecule has 7 heteroatoms. The second-order valence-corrected chi connectivity index (χ2v) is 5.39. The molecule has 0 aromatic heterocycles. The van der Waals surface area contributed by atoms with Crippen molar-refractivity contribution in [2.24, 2.45) is 4.99 Å². The molecule has 0 aliphatic heterocycles. The topological polar surface area (TPSA) is 83.0 Å². The van der Waals surface area contributed by atoms with E-state index in [4.69, 9.17) is 0 Å². The number of methoxy groups -OCH3 is 1. The molecule has 0 aromatic rings. The van der Waals surface area contributed by atoms with E-state index in [0.29, 0.717) is 25.9 Å². The van der Waals surface area contributed by atoms with Crippen LogP contribution in [-0.2, 0) is 14.3 Å². The van der Waals surface area contributed by atoms with Crippen LogP contribution < -0.4 is 10.6 Å². The van der Waals surface area contributed by atoms with E-state index in [1.165, 1.54) is 7.11 Å². The molecule has 0 saturated carbocycles. The smallest absolute Gasteiger partial charge is 0.305 e. The Morgan fingerprint density at radius 3 is 2.29 bits per heavy atom. The van der Waals surface area contributed by atoms with Gasteiger partial charge in [-0.05, 0) is 33.6 Å². The summed E-state index contributed by atoms with van der Waals surface area (Å²) in [4.78, 5) is 29.3. The van der Waals surface area contributed by atoms with Crippen molar-refractivity contribution < 1.29 is 14.3 Å². The first-order valence-electron chi connectivity index (χ1n) is 8.95. The van der Waals surface area contributed by atoms with Gasteiger partial charge < -0.3 is 20.3 Å². The molecule has 0 aromatic carbocycles. The average molecular weight is 342 g/mol. The van der Waals surface area contributed by atoms with Gasteiger partial charge in [-0.25, -0.2) is 0 Å². The lowest BCUT2D eigenvalue weighted by Crippen LogP contribution is -2.40. The van der Waals surface area contributed by atoms with Gasteiger partial charge >= 0.3 is 5.97 Å². The van der Waals surface area contributed by atoms with Gasteiger partial charge in [0, 0.05) is 45.6 Å². The molecular weight excluding hydrogens is 308 g/mol. The van der Waals surface area contributed by atoms with Crippen LogP contribution in [0.25, 0.3) is 0 Å². The number of esters is 1. The molecule has 0 radical (unpaired) electrons. The molecule has 0 atom stereocenters. The highest BCUT2D eigenvalue weighted by Gasteiger charge is 2.09. The van der Waals surface area contributed by atoms with Gasteiger partial charge in [0.1, 0.15) is 0 Å². The van der Waals surface area contributed by atoms with E-state index in [1.807, 2.05) is 25.7 Å².